The van der Waals surface area contributed by atoms with Crippen LogP contribution in [0.1, 0.15) is 0 Å². The predicted molar refractivity (Wildman–Crippen MR) is 159 cm³/mol. The van der Waals surface area contributed by atoms with Crippen LogP contribution in [0.3, 0.4) is 0 Å². The van der Waals surface area contributed by atoms with Crippen LogP contribution >= 0.6 is 144 Å². The Hall–Kier alpha value is 5.87. The molecule has 0 rings (SSSR count). The van der Waals surface area contributed by atoms with Gasteiger partial charge in [0.25, 0.3) is 0 Å². The Morgan fingerprint density at radius 3 is 0.300 bits per heavy atom. The fourth-order valence-electron chi connectivity index (χ4n) is 0. The van der Waals surface area contributed by atoms with Crippen molar-refractivity contribution in [2.75, 3.05) is 0 Å². The molecule has 30 heteroatoms. The molecule has 0 amide bonds. The maximum absolute atomic E-state index is 10.2. The van der Waals surface area contributed by atoms with Crippen LogP contribution in [-0.2, 0) is 22.4 Å². The molecule has 6 atom stereocenters. The third-order valence-electron chi connectivity index (χ3n) is 0. The average molecular weight is 1540 g/mol. The second-order valence-electron chi connectivity index (χ2n) is 1.52. The van der Waals surface area contributed by atoms with Crippen molar-refractivity contribution in [3.05, 3.63) is 0 Å². The molecular weight excluding hydrogens is 1520 g/mol. The summed E-state index contributed by atoms with van der Waals surface area (Å²) in [5, 5.41) is 0. The minimum atomic E-state index is -4.08. The molecule has 0 aliphatic carbocycles. The van der Waals surface area contributed by atoms with Crippen molar-refractivity contribution in [3.8, 4) is 0 Å². The second kappa shape index (κ2) is 70.2. The van der Waals surface area contributed by atoms with E-state index < -0.39 is 92.4 Å². The van der Waals surface area contributed by atoms with Gasteiger partial charge in [-0.2, -0.15) is 0 Å². The van der Waals surface area contributed by atoms with Crippen LogP contribution in [0.25, 0.3) is 0 Å². The van der Waals surface area contributed by atoms with Gasteiger partial charge in [0.15, 0.2) is 0 Å². The van der Waals surface area contributed by atoms with Gasteiger partial charge >= 0.3 is 160 Å². The fraction of sp³-hybridized carbons (Fsp3) is 0. The summed E-state index contributed by atoms with van der Waals surface area (Å²) in [6, 6.07) is 0. The third-order valence-corrected chi connectivity index (χ3v) is 0. The van der Waals surface area contributed by atoms with Gasteiger partial charge in [0.1, 0.15) is 0 Å². The molecule has 0 aliphatic heterocycles. The van der Waals surface area contributed by atoms with Gasteiger partial charge in [-0.15, -0.1) is 144 Å². The number of rotatable bonds is 0. The van der Waals surface area contributed by atoms with Crippen molar-refractivity contribution in [2.24, 2.45) is 0 Å². The van der Waals surface area contributed by atoms with E-state index in [1.807, 2.05) is 0 Å². The normalized spacial score (nSPS) is 12.4. The summed E-state index contributed by atoms with van der Waals surface area (Å²) >= 11 is -24.5. The van der Waals surface area contributed by atoms with Gasteiger partial charge in [-0.3, -0.25) is 0 Å². The zero-order chi connectivity index (χ0) is 21.5. The van der Waals surface area contributed by atoms with Crippen molar-refractivity contribution >= 4 is 236 Å². The van der Waals surface area contributed by atoms with Gasteiger partial charge in [-0.05, 0) is 0 Å². The van der Waals surface area contributed by atoms with E-state index in [9.17, 15) is 20.8 Å². The van der Waals surface area contributed by atoms with E-state index in [1.54, 1.807) is 0 Å². The molecule has 6 N–H and O–H groups in total. The van der Waals surface area contributed by atoms with Gasteiger partial charge in [0, 0.05) is 0 Å². The molecule has 0 fully saturated rings. The summed E-state index contributed by atoms with van der Waals surface area (Å²) in [6.45, 7) is 0. The van der Waals surface area contributed by atoms with Crippen LogP contribution in [0.15, 0.2) is 0 Å². The molecule has 0 bridgehead atoms. The van der Waals surface area contributed by atoms with Gasteiger partial charge in [-0.25, -0.2) is 0 Å². The Labute approximate surface area is 298 Å². The summed E-state index contributed by atoms with van der Waals surface area (Å²) in [5.74, 6) is 0. The first-order chi connectivity index (χ1) is 10.4. The van der Waals surface area contributed by atoms with Crippen LogP contribution in [0, 0.1) is 0 Å². The van der Waals surface area contributed by atoms with Crippen molar-refractivity contribution in [2.45, 2.75) is 0 Å². The van der Waals surface area contributed by atoms with Gasteiger partial charge in [0.2, 0.25) is 0 Å². The maximum atomic E-state index is 10.2. The Morgan fingerprint density at radius 1 is 0.300 bits per heavy atom. The van der Waals surface area contributed by atoms with Crippen molar-refractivity contribution in [1.29, 1.82) is 0 Å². The van der Waals surface area contributed by atoms with Gasteiger partial charge in [0.05, 0.1) is 0 Å². The topological polar surface area (TPSA) is 224 Å². The van der Waals surface area contributed by atoms with E-state index in [1.165, 1.54) is 0 Å². The van der Waals surface area contributed by atoms with Gasteiger partial charge < -0.3 is 0 Å². The molecule has 0 aromatic rings. The summed E-state index contributed by atoms with van der Waals surface area (Å²) in [4.78, 5) is 0. The molecular formula is H18As6F6I6O12. The number of hydrogen-bond acceptors (Lipinski definition) is 6. The Bertz CT molecular complexity index is 289. The first-order valence-electron chi connectivity index (χ1n) is 3.70. The molecule has 0 aromatic carbocycles. The summed E-state index contributed by atoms with van der Waals surface area (Å²) in [5.41, 5.74) is 0. The summed E-state index contributed by atoms with van der Waals surface area (Å²) < 4.78 is 154. The quantitative estimate of drug-likeness (QED) is 0.0907. The standard InChI is InChI=1S/6AsFH2O2.6HI/c6*2-1(3)4;;;;;;/h6*1H,(H,3,4);6*1H. The monoisotopic (exact) mass is 1540 g/mol. The zero-order valence-corrected chi connectivity index (χ0v) is 39.4. The summed E-state index contributed by atoms with van der Waals surface area (Å²) in [7, 11) is 0. The van der Waals surface area contributed by atoms with Crippen LogP contribution in [-0.4, -0.2) is 117 Å². The van der Waals surface area contributed by atoms with E-state index in [0.29, 0.717) is 0 Å². The van der Waals surface area contributed by atoms with E-state index in [4.69, 9.17) is 47.0 Å². The Kier molecular flexibility index (Phi) is 179. The van der Waals surface area contributed by atoms with Crippen LogP contribution in [0.2, 0.25) is 0 Å². The molecule has 30 heavy (non-hydrogen) atoms. The van der Waals surface area contributed by atoms with Crippen LogP contribution in [0.4, 0.5) is 20.8 Å². The first-order valence-corrected chi connectivity index (χ1v) is 19.2. The van der Waals surface area contributed by atoms with Crippen molar-refractivity contribution in [1.82, 2.24) is 0 Å². The van der Waals surface area contributed by atoms with Crippen molar-refractivity contribution < 1.29 is 67.8 Å². The molecule has 0 aromatic heterocycles. The zero-order valence-electron chi connectivity index (χ0n) is 12.9. The van der Waals surface area contributed by atoms with E-state index in [2.05, 4.69) is 0 Å². The van der Waals surface area contributed by atoms with Crippen LogP contribution in [0.5, 0.6) is 0 Å². The molecule has 0 radical (unpaired) electrons. The number of halogens is 12. The molecule has 204 valence electrons. The van der Waals surface area contributed by atoms with Crippen molar-refractivity contribution in [3.63, 3.8) is 0 Å². The average Bonchev–Trinajstić information content (AvgIpc) is 2.08. The van der Waals surface area contributed by atoms with E-state index >= 15 is 0 Å². The minimum absolute atomic E-state index is 0. The van der Waals surface area contributed by atoms with E-state index in [0.717, 1.165) is 0 Å². The van der Waals surface area contributed by atoms with E-state index in [-0.39, 0.29) is 144 Å². The van der Waals surface area contributed by atoms with Crippen LogP contribution < -0.4 is 0 Å². The second-order valence-corrected chi connectivity index (χ2v) is 7.89. The molecule has 0 aliphatic rings. The molecule has 0 saturated heterocycles. The Morgan fingerprint density at radius 2 is 0.300 bits per heavy atom. The predicted octanol–water partition coefficient (Wildman–Crippen LogP) is -1.72. The molecule has 6 unspecified atom stereocenters. The molecule has 0 heterocycles. The number of hydrogen-bond donors (Lipinski definition) is 6. The molecule has 0 spiro atoms. The SMILES string of the molecule is I.I.I.I.I.I.O=[AsH](O)F.O=[AsH](O)F.O=[AsH](O)F.O=[AsH](O)F.O=[AsH](O)F.O=[AsH](O)F. The Balaban J connectivity index is -0.0000000125. The summed E-state index contributed by atoms with van der Waals surface area (Å²) in [6.07, 6.45) is 0. The fourth-order valence-corrected chi connectivity index (χ4v) is 0. The molecule has 0 saturated carbocycles. The van der Waals surface area contributed by atoms with Gasteiger partial charge in [-0.1, -0.05) is 0 Å². The molecule has 12 nitrogen and oxygen atoms in total. The first kappa shape index (κ1) is 76.5. The third kappa shape index (κ3) is 1060.